The Labute approximate surface area is 115 Å². The second-order valence-corrected chi connectivity index (χ2v) is 3.93. The minimum Gasteiger partial charge on any atom is -0.493 e. The number of hydrogen-bond acceptors (Lipinski definition) is 5. The zero-order valence-electron chi connectivity index (χ0n) is 11.3. The highest BCUT2D eigenvalue weighted by Crippen LogP contribution is 2.42. The van der Waals surface area contributed by atoms with E-state index in [1.165, 1.54) is 27.5 Å². The van der Waals surface area contributed by atoms with Gasteiger partial charge in [-0.3, -0.25) is 10.1 Å². The van der Waals surface area contributed by atoms with Crippen molar-refractivity contribution in [1.82, 2.24) is 4.98 Å². The van der Waals surface area contributed by atoms with Crippen molar-refractivity contribution in [2.24, 2.45) is 0 Å². The highest BCUT2D eigenvalue weighted by Gasteiger charge is 2.20. The largest absolute Gasteiger partial charge is 0.493 e. The fourth-order valence-corrected chi connectivity index (χ4v) is 1.97. The molecule has 0 saturated heterocycles. The summed E-state index contributed by atoms with van der Waals surface area (Å²) in [5, 5.41) is 11.0. The molecule has 7 heteroatoms. The molecule has 2 rings (SSSR count). The van der Waals surface area contributed by atoms with Gasteiger partial charge in [-0.1, -0.05) is 0 Å². The van der Waals surface area contributed by atoms with Gasteiger partial charge in [0.1, 0.15) is 0 Å². The molecule has 0 saturated carbocycles. The molecule has 0 fully saturated rings. The number of aromatic amines is 1. The first-order chi connectivity index (χ1) is 9.62. The van der Waals surface area contributed by atoms with Gasteiger partial charge in [-0.25, -0.2) is 0 Å². The van der Waals surface area contributed by atoms with E-state index in [4.69, 9.17) is 14.2 Å². The van der Waals surface area contributed by atoms with Gasteiger partial charge in [0.15, 0.2) is 11.5 Å². The first-order valence-corrected chi connectivity index (χ1v) is 5.74. The first kappa shape index (κ1) is 13.7. The average molecular weight is 278 g/mol. The van der Waals surface area contributed by atoms with Crippen molar-refractivity contribution in [3.63, 3.8) is 0 Å². The Morgan fingerprint density at radius 3 is 2.10 bits per heavy atom. The van der Waals surface area contributed by atoms with Gasteiger partial charge in [-0.15, -0.1) is 0 Å². The maximum atomic E-state index is 11.0. The van der Waals surface area contributed by atoms with Gasteiger partial charge in [0, 0.05) is 6.20 Å². The Bertz CT molecular complexity index is 610. The van der Waals surface area contributed by atoms with Crippen molar-refractivity contribution in [2.45, 2.75) is 0 Å². The quantitative estimate of drug-likeness (QED) is 0.671. The van der Waals surface area contributed by atoms with Crippen LogP contribution < -0.4 is 14.2 Å². The van der Waals surface area contributed by atoms with Crippen LogP contribution in [0.25, 0.3) is 11.1 Å². The number of ether oxygens (including phenoxy) is 3. The van der Waals surface area contributed by atoms with Crippen LogP contribution in [0.2, 0.25) is 0 Å². The predicted molar refractivity (Wildman–Crippen MR) is 72.5 cm³/mol. The minimum atomic E-state index is -0.449. The number of aromatic nitrogens is 1. The number of benzene rings is 1. The predicted octanol–water partition coefficient (Wildman–Crippen LogP) is 2.62. The smallest absolute Gasteiger partial charge is 0.294 e. The molecule has 1 heterocycles. The van der Waals surface area contributed by atoms with Gasteiger partial charge in [-0.2, -0.15) is 0 Å². The molecule has 2 aromatic rings. The van der Waals surface area contributed by atoms with Crippen LogP contribution in [-0.4, -0.2) is 31.2 Å². The number of rotatable bonds is 5. The molecule has 0 aliphatic carbocycles. The van der Waals surface area contributed by atoms with Crippen molar-refractivity contribution in [1.29, 1.82) is 0 Å². The zero-order chi connectivity index (χ0) is 14.7. The number of nitrogens with one attached hydrogen (secondary N) is 1. The highest BCUT2D eigenvalue weighted by atomic mass is 16.6. The summed E-state index contributed by atoms with van der Waals surface area (Å²) in [6.07, 6.45) is 2.89. The maximum absolute atomic E-state index is 11.0. The highest BCUT2D eigenvalue weighted by molar-refractivity contribution is 5.77. The summed E-state index contributed by atoms with van der Waals surface area (Å²) in [5.41, 5.74) is 1.04. The van der Waals surface area contributed by atoms with E-state index < -0.39 is 4.92 Å². The molecule has 0 atom stereocenters. The third-order valence-electron chi connectivity index (χ3n) is 2.90. The lowest BCUT2D eigenvalue weighted by Crippen LogP contribution is -1.96. The fraction of sp³-hybridized carbons (Fsp3) is 0.231. The SMILES string of the molecule is COc1cc(-c2c[nH]cc2[N+](=O)[O-])cc(OC)c1OC. The van der Waals surface area contributed by atoms with Crippen LogP contribution in [0.4, 0.5) is 5.69 Å². The Morgan fingerprint density at radius 1 is 1.05 bits per heavy atom. The molecule has 1 N–H and O–H groups in total. The second-order valence-electron chi connectivity index (χ2n) is 3.93. The molecule has 0 amide bonds. The lowest BCUT2D eigenvalue weighted by molar-refractivity contribution is -0.384. The summed E-state index contributed by atoms with van der Waals surface area (Å²) in [7, 11) is 4.48. The van der Waals surface area contributed by atoms with Crippen LogP contribution in [-0.2, 0) is 0 Å². The monoisotopic (exact) mass is 278 g/mol. The van der Waals surface area contributed by atoms with Crippen molar-refractivity contribution < 1.29 is 19.1 Å². The standard InChI is InChI=1S/C13H14N2O5/c1-18-11-4-8(5-12(19-2)13(11)20-3)9-6-14-7-10(9)15(16)17/h4-7,14H,1-3H3. The van der Waals surface area contributed by atoms with Crippen LogP contribution in [0.15, 0.2) is 24.5 Å². The van der Waals surface area contributed by atoms with Crippen molar-refractivity contribution in [3.05, 3.63) is 34.6 Å². The lowest BCUT2D eigenvalue weighted by atomic mass is 10.1. The maximum Gasteiger partial charge on any atom is 0.294 e. The molecule has 106 valence electrons. The van der Waals surface area contributed by atoms with Crippen LogP contribution in [0.5, 0.6) is 17.2 Å². The van der Waals surface area contributed by atoms with Crippen LogP contribution in [0.1, 0.15) is 0 Å². The molecule has 0 aliphatic rings. The summed E-state index contributed by atoms with van der Waals surface area (Å²) < 4.78 is 15.7. The van der Waals surface area contributed by atoms with Crippen molar-refractivity contribution in [2.75, 3.05) is 21.3 Å². The van der Waals surface area contributed by atoms with E-state index >= 15 is 0 Å². The molecule has 0 radical (unpaired) electrons. The number of nitrogens with zero attached hydrogens (tertiary/aromatic N) is 1. The molecule has 20 heavy (non-hydrogen) atoms. The van der Waals surface area contributed by atoms with E-state index in [0.29, 0.717) is 28.4 Å². The summed E-state index contributed by atoms with van der Waals surface area (Å²) in [6.45, 7) is 0. The average Bonchev–Trinajstić information content (AvgIpc) is 2.95. The summed E-state index contributed by atoms with van der Waals surface area (Å²) in [5.74, 6) is 1.33. The van der Waals surface area contributed by atoms with Crippen LogP contribution in [0.3, 0.4) is 0 Å². The molecule has 0 aliphatic heterocycles. The Balaban J connectivity index is 2.63. The van der Waals surface area contributed by atoms with E-state index in [1.807, 2.05) is 0 Å². The van der Waals surface area contributed by atoms with E-state index in [2.05, 4.69) is 4.98 Å². The van der Waals surface area contributed by atoms with Crippen molar-refractivity contribution in [3.8, 4) is 28.4 Å². The molecule has 1 aromatic heterocycles. The van der Waals surface area contributed by atoms with E-state index in [1.54, 1.807) is 18.3 Å². The Kier molecular flexibility index (Phi) is 3.79. The van der Waals surface area contributed by atoms with Crippen LogP contribution in [0, 0.1) is 10.1 Å². The minimum absolute atomic E-state index is 0.0146. The van der Waals surface area contributed by atoms with Gasteiger partial charge in [0.05, 0.1) is 38.0 Å². The summed E-state index contributed by atoms with van der Waals surface area (Å²) in [6, 6.07) is 3.33. The molecule has 0 bridgehead atoms. The molecule has 7 nitrogen and oxygen atoms in total. The molecule has 0 spiro atoms. The van der Waals surface area contributed by atoms with E-state index in [9.17, 15) is 10.1 Å². The number of nitro groups is 1. The number of hydrogen-bond donors (Lipinski definition) is 1. The van der Waals surface area contributed by atoms with Gasteiger partial charge < -0.3 is 19.2 Å². The lowest BCUT2D eigenvalue weighted by Gasteiger charge is -2.13. The number of methoxy groups -OCH3 is 3. The van der Waals surface area contributed by atoms with Gasteiger partial charge >= 0.3 is 0 Å². The molecule has 0 unspecified atom stereocenters. The Hall–Kier alpha value is -2.70. The third-order valence-corrected chi connectivity index (χ3v) is 2.90. The Morgan fingerprint density at radius 2 is 1.65 bits per heavy atom. The fourth-order valence-electron chi connectivity index (χ4n) is 1.97. The van der Waals surface area contributed by atoms with Crippen LogP contribution >= 0.6 is 0 Å². The molecule has 1 aromatic carbocycles. The third kappa shape index (κ3) is 2.25. The van der Waals surface area contributed by atoms with E-state index in [-0.39, 0.29) is 5.69 Å². The topological polar surface area (TPSA) is 86.6 Å². The van der Waals surface area contributed by atoms with Gasteiger partial charge in [0.25, 0.3) is 5.69 Å². The van der Waals surface area contributed by atoms with Gasteiger partial charge in [-0.05, 0) is 17.7 Å². The normalized spacial score (nSPS) is 10.2. The summed E-state index contributed by atoms with van der Waals surface area (Å²) >= 11 is 0. The summed E-state index contributed by atoms with van der Waals surface area (Å²) in [4.78, 5) is 13.3. The first-order valence-electron chi connectivity index (χ1n) is 5.74. The van der Waals surface area contributed by atoms with E-state index in [0.717, 1.165) is 0 Å². The molecular weight excluding hydrogens is 264 g/mol. The zero-order valence-corrected chi connectivity index (χ0v) is 11.3. The number of H-pyrrole nitrogens is 1. The van der Waals surface area contributed by atoms with Gasteiger partial charge in [0.2, 0.25) is 5.75 Å². The van der Waals surface area contributed by atoms with Crippen molar-refractivity contribution >= 4 is 5.69 Å². The molecular formula is C13H14N2O5. The second kappa shape index (κ2) is 5.52.